The lowest BCUT2D eigenvalue weighted by Crippen LogP contribution is -2.35. The van der Waals surface area contributed by atoms with Crippen molar-refractivity contribution < 1.29 is 30.5 Å². The van der Waals surface area contributed by atoms with Crippen LogP contribution in [0.4, 0.5) is 10.7 Å². The van der Waals surface area contributed by atoms with Crippen molar-refractivity contribution in [3.63, 3.8) is 0 Å². The molecule has 3 aromatic heterocycles. The van der Waals surface area contributed by atoms with Gasteiger partial charge in [-0.05, 0) is 25.0 Å². The fourth-order valence-electron chi connectivity index (χ4n) is 3.60. The van der Waals surface area contributed by atoms with E-state index in [9.17, 15) is 31.2 Å². The van der Waals surface area contributed by atoms with Crippen LogP contribution in [0.25, 0.3) is 20.5 Å². The van der Waals surface area contributed by atoms with E-state index < -0.39 is 31.7 Å². The zero-order valence-corrected chi connectivity index (χ0v) is 23.3. The molecule has 190 valence electrons. The van der Waals surface area contributed by atoms with Crippen molar-refractivity contribution in [2.45, 2.75) is 30.0 Å². The minimum absolute atomic E-state index is 0.126. The van der Waals surface area contributed by atoms with E-state index in [1.54, 1.807) is 12.1 Å². The van der Waals surface area contributed by atoms with Gasteiger partial charge in [0.05, 0.1) is 47.8 Å². The Morgan fingerprint density at radius 3 is 2.47 bits per heavy atom. The minimum Gasteiger partial charge on any atom is -0.748 e. The second-order valence-electron chi connectivity index (χ2n) is 7.67. The molecule has 0 N–H and O–H groups in total. The van der Waals surface area contributed by atoms with Crippen LogP contribution in [-0.4, -0.2) is 44.0 Å². The Labute approximate surface area is 224 Å². The Morgan fingerprint density at radius 1 is 1.08 bits per heavy atom. The van der Waals surface area contributed by atoms with Crippen molar-refractivity contribution in [1.29, 1.82) is 5.26 Å². The summed E-state index contributed by atoms with van der Waals surface area (Å²) in [6.45, 7) is 8.01. The molecule has 0 saturated heterocycles. The highest BCUT2D eigenvalue weighted by atomic mass is 32.2. The number of nitriles is 1. The van der Waals surface area contributed by atoms with Crippen LogP contribution in [0, 0.1) is 17.9 Å². The number of anilines is 1. The number of fused-ring (bicyclic) bond motifs is 2. The standard InChI is InChI=1S/C20H18N4O6S6/c1-22-16-10-14-20(33-16)34-17(23(14)6-4-8-36(28,29)30)11-18-24(5-2-3-7-35(25,26)27)19-15(32-18)9-13(12-21)31-19/h9-11H,2-8H2,(H-,25,26,27,28,29,30)/p-1. The van der Waals surface area contributed by atoms with E-state index >= 15 is 0 Å². The van der Waals surface area contributed by atoms with Gasteiger partial charge in [0.15, 0.2) is 6.54 Å². The maximum absolute atomic E-state index is 11.1. The monoisotopic (exact) mass is 601 g/mol. The highest BCUT2D eigenvalue weighted by molar-refractivity contribution is 8.05. The first kappa shape index (κ1) is 27.0. The second-order valence-corrected chi connectivity index (χ2v) is 15.1. The molecule has 0 saturated carbocycles. The maximum atomic E-state index is 11.1. The van der Waals surface area contributed by atoms with Gasteiger partial charge in [-0.15, -0.1) is 11.3 Å². The van der Waals surface area contributed by atoms with E-state index in [2.05, 4.69) is 10.9 Å². The molecule has 4 heterocycles. The summed E-state index contributed by atoms with van der Waals surface area (Å²) in [4.78, 5) is 6.80. The van der Waals surface area contributed by atoms with Crippen LogP contribution in [0.2, 0.25) is 0 Å². The molecule has 0 aromatic carbocycles. The van der Waals surface area contributed by atoms with Crippen LogP contribution < -0.4 is 9.47 Å². The third-order valence-electron chi connectivity index (χ3n) is 5.10. The van der Waals surface area contributed by atoms with Gasteiger partial charge in [-0.3, -0.25) is 0 Å². The van der Waals surface area contributed by atoms with Crippen LogP contribution in [-0.2, 0) is 26.8 Å². The first-order chi connectivity index (χ1) is 17.0. The molecule has 0 spiro atoms. The molecule has 0 atom stereocenters. The van der Waals surface area contributed by atoms with Gasteiger partial charge in [0.1, 0.15) is 15.6 Å². The number of hydrogen-bond donors (Lipinski definition) is 0. The van der Waals surface area contributed by atoms with E-state index in [0.29, 0.717) is 22.8 Å². The van der Waals surface area contributed by atoms with E-state index in [1.165, 1.54) is 45.8 Å². The molecule has 16 heteroatoms. The number of thiazole rings is 1. The number of hydrogen-bond acceptors (Lipinski definition) is 12. The van der Waals surface area contributed by atoms with Gasteiger partial charge in [0, 0.05) is 24.5 Å². The third kappa shape index (κ3) is 6.45. The molecule has 3 aromatic rings. The zero-order chi connectivity index (χ0) is 26.1. The molecule has 36 heavy (non-hydrogen) atoms. The summed E-state index contributed by atoms with van der Waals surface area (Å²) in [6, 6.07) is 5.68. The van der Waals surface area contributed by atoms with Crippen molar-refractivity contribution in [3.8, 4) is 6.07 Å². The number of rotatable bonds is 10. The van der Waals surface area contributed by atoms with Crippen LogP contribution in [0.3, 0.4) is 0 Å². The molecule has 0 amide bonds. The molecule has 0 unspecified atom stereocenters. The van der Waals surface area contributed by atoms with Crippen molar-refractivity contribution >= 4 is 92.3 Å². The van der Waals surface area contributed by atoms with E-state index in [-0.39, 0.29) is 19.4 Å². The zero-order valence-electron chi connectivity index (χ0n) is 18.4. The molecule has 0 fully saturated rings. The first-order valence-corrected chi connectivity index (χ1v) is 16.8. The van der Waals surface area contributed by atoms with Crippen molar-refractivity contribution in [2.24, 2.45) is 0 Å². The molecule has 10 nitrogen and oxygen atoms in total. The Balaban J connectivity index is 1.67. The van der Waals surface area contributed by atoms with Gasteiger partial charge in [-0.25, -0.2) is 21.7 Å². The summed E-state index contributed by atoms with van der Waals surface area (Å²) in [5.41, 5.74) is 0.794. The molecular formula is C20H17N4O6S6-. The number of unbranched alkanes of at least 4 members (excludes halogenated alkanes) is 1. The summed E-state index contributed by atoms with van der Waals surface area (Å²) in [6.07, 6.45) is 2.73. The van der Waals surface area contributed by atoms with E-state index in [1.807, 2.05) is 15.5 Å². The topological polar surface area (TPSA) is 150 Å². The Hall–Kier alpha value is -2.02. The molecular weight excluding hydrogens is 585 g/mol. The Morgan fingerprint density at radius 2 is 1.81 bits per heavy atom. The van der Waals surface area contributed by atoms with Gasteiger partial charge >= 0.3 is 0 Å². The fraction of sp³-hybridized carbons (Fsp3) is 0.350. The number of aromatic nitrogens is 1. The maximum Gasteiger partial charge on any atom is 0.281 e. The quantitative estimate of drug-likeness (QED) is 0.146. The number of nitrogens with zero attached hydrogens (tertiary/aromatic N) is 4. The highest BCUT2D eigenvalue weighted by Gasteiger charge is 2.30. The average Bonchev–Trinajstić information content (AvgIpc) is 3.51. The van der Waals surface area contributed by atoms with Crippen LogP contribution in [0.1, 0.15) is 29.1 Å². The molecule has 1 aliphatic heterocycles. The molecule has 0 radical (unpaired) electrons. The molecule has 0 aliphatic carbocycles. The lowest BCUT2D eigenvalue weighted by molar-refractivity contribution is -0.667. The highest BCUT2D eigenvalue weighted by Crippen LogP contribution is 2.53. The minimum atomic E-state index is -4.36. The van der Waals surface area contributed by atoms with Crippen molar-refractivity contribution in [2.75, 3.05) is 23.0 Å². The van der Waals surface area contributed by atoms with Gasteiger partial charge < -0.3 is 14.0 Å². The molecule has 4 rings (SSSR count). The van der Waals surface area contributed by atoms with Crippen molar-refractivity contribution in [3.05, 3.63) is 38.5 Å². The lowest BCUT2D eigenvalue weighted by Gasteiger charge is -2.20. The summed E-state index contributed by atoms with van der Waals surface area (Å²) in [7, 11) is -8.65. The lowest BCUT2D eigenvalue weighted by atomic mass is 10.3. The van der Waals surface area contributed by atoms with Gasteiger partial charge in [-0.2, -0.15) is 9.83 Å². The van der Waals surface area contributed by atoms with E-state index in [0.717, 1.165) is 29.5 Å². The predicted molar refractivity (Wildman–Crippen MR) is 139 cm³/mol. The number of aryl methyl sites for hydroxylation is 1. The number of thioether (sulfide) groups is 1. The summed E-state index contributed by atoms with van der Waals surface area (Å²) in [5, 5.41) is 11.5. The normalized spacial score (nSPS) is 14.9. The van der Waals surface area contributed by atoms with Crippen molar-refractivity contribution in [1.82, 2.24) is 0 Å². The molecule has 0 bridgehead atoms. The summed E-state index contributed by atoms with van der Waals surface area (Å²) in [5.74, 6) is -0.939. The van der Waals surface area contributed by atoms with Gasteiger partial charge in [-0.1, -0.05) is 34.4 Å². The first-order valence-electron chi connectivity index (χ1n) is 10.4. The summed E-state index contributed by atoms with van der Waals surface area (Å²) < 4.78 is 70.0. The smallest absolute Gasteiger partial charge is 0.281 e. The SMILES string of the molecule is [C-]#[N+]c1cc2c(s1)SC(=Cc1sc3cc(C#N)sc3[n+]1CCCCS(=O)(=O)[O-])N2CCCS(=O)(=O)[O-]. The third-order valence-corrected chi connectivity index (χ3v) is 11.2. The average molecular weight is 602 g/mol. The fourth-order valence-corrected chi connectivity index (χ4v) is 9.34. The molecule has 1 aliphatic rings. The predicted octanol–water partition coefficient (Wildman–Crippen LogP) is 3.91. The van der Waals surface area contributed by atoms with Crippen LogP contribution in [0.15, 0.2) is 21.4 Å². The van der Waals surface area contributed by atoms with Gasteiger partial charge in [0.2, 0.25) is 5.00 Å². The second kappa shape index (κ2) is 10.8. The Bertz CT molecular complexity index is 1640. The van der Waals surface area contributed by atoms with Gasteiger partial charge in [0.25, 0.3) is 9.84 Å². The Kier molecular flexibility index (Phi) is 8.08. The summed E-state index contributed by atoms with van der Waals surface area (Å²) >= 11 is 5.58. The van der Waals surface area contributed by atoms with Crippen LogP contribution in [0.5, 0.6) is 0 Å². The van der Waals surface area contributed by atoms with E-state index in [4.69, 9.17) is 6.57 Å². The largest absolute Gasteiger partial charge is 0.748 e. The number of thiophene rings is 2. The van der Waals surface area contributed by atoms with Crippen LogP contribution >= 0.6 is 45.8 Å².